The summed E-state index contributed by atoms with van der Waals surface area (Å²) in [6, 6.07) is -7.97. The van der Waals surface area contributed by atoms with Crippen LogP contribution in [0.25, 0.3) is 0 Å². The van der Waals surface area contributed by atoms with Crippen molar-refractivity contribution < 1.29 is 202 Å². The van der Waals surface area contributed by atoms with E-state index in [2.05, 4.69) is 16.0 Å². The summed E-state index contributed by atoms with van der Waals surface area (Å²) in [5.74, 6) is -27.7. The molecular formula is C57H81N7O41. The fourth-order valence-electron chi connectivity index (χ4n) is 5.89. The van der Waals surface area contributed by atoms with Crippen LogP contribution in [0.5, 0.6) is 0 Å². The molecule has 0 unspecified atom stereocenters. The smallest absolute Gasteiger partial charge is 0.328 e. The highest BCUT2D eigenvalue weighted by atomic mass is 16.4. The van der Waals surface area contributed by atoms with Gasteiger partial charge in [0.25, 0.3) is 0 Å². The van der Waals surface area contributed by atoms with Gasteiger partial charge in [-0.3, -0.25) is 76.7 Å². The number of carbonyl (C=O) groups is 24. The van der Waals surface area contributed by atoms with Gasteiger partial charge in [0.2, 0.25) is 41.4 Å². The Kier molecular flexibility index (Phi) is 59.3. The Labute approximate surface area is 589 Å². The van der Waals surface area contributed by atoms with Crippen molar-refractivity contribution in [1.29, 1.82) is 0 Å². The SMILES string of the molecule is CC(C)C[C@H](NC(=O)/C=C/C(=O)O)C(=O)O.CC(C)C[C@H](NC(=O)CC(=O)O)C(=O)O.C[C@H](CCC(=O)O)NC(=O)CC(=O)O.C[C@H](NC(=O)CC(=O)O)C(=O)O.O=C(O)/C=C/C(=O)N[C@@H](CC(=O)O)C(=O)O.O=C(O)/C=C/C(=O)N[C@@H](CCC(=O)O)C(=O)O.O=C(O)CC(=O)N[C@@H](CC(=O)O)C(=O)O. The highest BCUT2D eigenvalue weighted by molar-refractivity contribution is 6.00. The van der Waals surface area contributed by atoms with Gasteiger partial charge in [-0.1, -0.05) is 27.7 Å². The van der Waals surface area contributed by atoms with Gasteiger partial charge in [-0.2, -0.15) is 0 Å². The number of rotatable bonds is 41. The largest absolute Gasteiger partial charge is 0.481 e. The highest BCUT2D eigenvalue weighted by Gasteiger charge is 2.26. The summed E-state index contributed by atoms with van der Waals surface area (Å²) in [4.78, 5) is 251. The normalized spacial score (nSPS) is 12.0. The van der Waals surface area contributed by atoms with Gasteiger partial charge >= 0.3 is 101 Å². The molecule has 0 saturated carbocycles. The summed E-state index contributed by atoms with van der Waals surface area (Å²) in [5.41, 5.74) is 0. The van der Waals surface area contributed by atoms with Crippen LogP contribution in [-0.2, 0) is 115 Å². The highest BCUT2D eigenvalue weighted by Crippen LogP contribution is 2.07. The van der Waals surface area contributed by atoms with Crippen molar-refractivity contribution in [1.82, 2.24) is 37.2 Å². The molecule has 0 rings (SSSR count). The number of carbonyl (C=O) groups excluding carboxylic acids is 7. The third kappa shape index (κ3) is 77.7. The van der Waals surface area contributed by atoms with Crippen LogP contribution in [0.2, 0.25) is 0 Å². The number of hydrogen-bond donors (Lipinski definition) is 24. The van der Waals surface area contributed by atoms with Gasteiger partial charge in [-0.25, -0.2) is 38.4 Å². The van der Waals surface area contributed by atoms with Crippen molar-refractivity contribution in [2.24, 2.45) is 11.8 Å². The van der Waals surface area contributed by atoms with Crippen molar-refractivity contribution >= 4 is 143 Å². The Morgan fingerprint density at radius 2 is 0.505 bits per heavy atom. The molecule has 7 amide bonds. The van der Waals surface area contributed by atoms with E-state index >= 15 is 0 Å². The molecule has 105 heavy (non-hydrogen) atoms. The lowest BCUT2D eigenvalue weighted by atomic mass is 10.0. The second-order valence-corrected chi connectivity index (χ2v) is 20.8. The van der Waals surface area contributed by atoms with Crippen LogP contribution in [-0.4, -0.2) is 272 Å². The quantitative estimate of drug-likeness (QED) is 0.0202. The molecule has 0 fully saturated rings. The second-order valence-electron chi connectivity index (χ2n) is 20.8. The predicted octanol–water partition coefficient (Wildman–Crippen LogP) is -4.56. The van der Waals surface area contributed by atoms with Crippen LogP contribution >= 0.6 is 0 Å². The summed E-state index contributed by atoms with van der Waals surface area (Å²) in [6.45, 7) is 10.2. The standard InChI is InChI=1S/C10H15NO5.C9H11NO7.C9H15NO5.C8H9NO7.C8H13NO5.C7H9NO7.C6H9NO5/c1-6(2)5-7(10(15)16)11-8(12)3-4-9(13)14;11-6(2-4-8(14)15)10-5(9(16)17)1-3-7(12)13;1-5(2)3-6(9(14)15)10-7(11)4-8(12)13;10-5(1-2-6(11)12)9-4(8(15)16)3-7(13)14;1-5(2-3-7(11)12)9-6(10)4-8(13)14;9-4(2-6(12)13)8-3(7(14)15)1-5(10)11;1-3(6(11)12)7-4(8)2-5(9)10/h3-4,6-7H,5H2,1-2H3,(H,11,12)(H,13,14)(H,15,16);2,4-5H,1,3H2,(H,10,11)(H,12,13)(H,14,15)(H,16,17);5-6H,3-4H2,1-2H3,(H,10,11)(H,12,13)(H,14,15);1-2,4H,3H2,(H,9,10)(H,11,12)(H,13,14)(H,15,16);5H,2-4H2,1H3,(H,9,10)(H,11,12)(H,13,14);3H,1-2H2,(H,8,9)(H,10,11)(H,12,13)(H,14,15);3H,2H2,1H3,(H,7,8)(H,9,10)(H,11,12)/b4-3+;4-2+;;2-1+;;;/t7-;5-;6-;4-;5-;2*3-/m0000100/s1. The second kappa shape index (κ2) is 59.4. The molecule has 590 valence electrons. The summed E-state index contributed by atoms with van der Waals surface area (Å²) in [5, 5.41) is 157. The molecule has 0 spiro atoms. The molecule has 7 atom stereocenters. The molecular weight excluding hydrogens is 1440 g/mol. The van der Waals surface area contributed by atoms with Crippen LogP contribution in [0.3, 0.4) is 0 Å². The van der Waals surface area contributed by atoms with Crippen molar-refractivity contribution in [2.75, 3.05) is 0 Å². The van der Waals surface area contributed by atoms with Crippen molar-refractivity contribution in [3.8, 4) is 0 Å². The topological polar surface area (TPSA) is 838 Å². The molecule has 0 aromatic heterocycles. The van der Waals surface area contributed by atoms with Gasteiger partial charge in [0, 0.05) is 55.3 Å². The van der Waals surface area contributed by atoms with E-state index in [4.69, 9.17) is 86.8 Å². The number of nitrogens with one attached hydrogen (secondary N) is 7. The number of aliphatic carboxylic acids is 17. The van der Waals surface area contributed by atoms with E-state index in [0.29, 0.717) is 43.2 Å². The lowest BCUT2D eigenvalue weighted by molar-refractivity contribution is -0.148. The van der Waals surface area contributed by atoms with Crippen LogP contribution in [0.15, 0.2) is 36.5 Å². The summed E-state index contributed by atoms with van der Waals surface area (Å²) >= 11 is 0. The number of hydrogen-bond acceptors (Lipinski definition) is 24. The average molecular weight is 1520 g/mol. The maximum Gasteiger partial charge on any atom is 0.328 e. The summed E-state index contributed by atoms with van der Waals surface area (Å²) in [6.07, 6.45) is -0.625. The molecule has 0 aromatic rings. The molecule has 48 nitrogen and oxygen atoms in total. The van der Waals surface area contributed by atoms with E-state index in [1.165, 1.54) is 6.92 Å². The third-order valence-corrected chi connectivity index (χ3v) is 10.3. The molecule has 0 saturated heterocycles. The first-order chi connectivity index (χ1) is 48.0. The van der Waals surface area contributed by atoms with Gasteiger partial charge < -0.3 is 124 Å². The van der Waals surface area contributed by atoms with E-state index in [-0.39, 0.29) is 37.1 Å². The Bertz CT molecular complexity index is 3170. The Hall–Kier alpha value is -13.5. The maximum atomic E-state index is 11.1. The van der Waals surface area contributed by atoms with Crippen LogP contribution in [0.1, 0.15) is 119 Å². The fourth-order valence-corrected chi connectivity index (χ4v) is 5.89. The molecule has 0 bridgehead atoms. The minimum Gasteiger partial charge on any atom is -0.481 e. The minimum atomic E-state index is -1.62. The summed E-state index contributed by atoms with van der Waals surface area (Å²) in [7, 11) is 0. The van der Waals surface area contributed by atoms with E-state index in [1.54, 1.807) is 12.2 Å². The van der Waals surface area contributed by atoms with Crippen molar-refractivity contribution in [2.45, 2.75) is 161 Å². The summed E-state index contributed by atoms with van der Waals surface area (Å²) < 4.78 is 0. The molecule has 48 heteroatoms. The molecule has 24 N–H and O–H groups in total. The molecule has 0 heterocycles. The lowest BCUT2D eigenvalue weighted by Crippen LogP contribution is -2.42. The fraction of sp³-hybridized carbons (Fsp3) is 0.474. The number of amides is 7. The first-order valence-corrected chi connectivity index (χ1v) is 28.9. The predicted molar refractivity (Wildman–Crippen MR) is 337 cm³/mol. The van der Waals surface area contributed by atoms with Gasteiger partial charge in [0.1, 0.15) is 61.9 Å². The van der Waals surface area contributed by atoms with Gasteiger partial charge in [-0.05, 0) is 51.4 Å². The van der Waals surface area contributed by atoms with E-state index in [0.717, 1.165) is 6.08 Å². The van der Waals surface area contributed by atoms with E-state index in [9.17, 15) is 115 Å². The molecule has 0 aliphatic heterocycles. The number of carboxylic acids is 17. The van der Waals surface area contributed by atoms with E-state index in [1.807, 2.05) is 43.6 Å². The Balaban J connectivity index is -0.000000214. The number of carboxylic acid groups (broad SMARTS) is 17. The Morgan fingerprint density at radius 3 is 0.762 bits per heavy atom. The minimum absolute atomic E-state index is 0.0471. The zero-order valence-electron chi connectivity index (χ0n) is 56.0. The van der Waals surface area contributed by atoms with E-state index < -0.39 is 224 Å². The van der Waals surface area contributed by atoms with Gasteiger partial charge in [0.05, 0.1) is 12.8 Å². The van der Waals surface area contributed by atoms with Crippen molar-refractivity contribution in [3.63, 3.8) is 0 Å². The zero-order valence-corrected chi connectivity index (χ0v) is 56.0. The average Bonchev–Trinajstić information content (AvgIpc) is 0.965. The maximum absolute atomic E-state index is 11.1. The van der Waals surface area contributed by atoms with Gasteiger partial charge in [0.15, 0.2) is 0 Å². The molecule has 0 radical (unpaired) electrons. The first-order valence-electron chi connectivity index (χ1n) is 28.9. The lowest BCUT2D eigenvalue weighted by Gasteiger charge is -2.15. The molecule has 0 aliphatic rings. The molecule has 0 aliphatic carbocycles. The van der Waals surface area contributed by atoms with Crippen LogP contribution < -0.4 is 37.2 Å². The zero-order chi connectivity index (χ0) is 83.7. The van der Waals surface area contributed by atoms with Crippen LogP contribution in [0.4, 0.5) is 0 Å². The molecule has 0 aromatic carbocycles. The monoisotopic (exact) mass is 1520 g/mol. The first kappa shape index (κ1) is 105. The Morgan fingerprint density at radius 1 is 0.257 bits per heavy atom. The van der Waals surface area contributed by atoms with Gasteiger partial charge in [-0.15, -0.1) is 0 Å². The van der Waals surface area contributed by atoms with Crippen molar-refractivity contribution in [3.05, 3.63) is 36.5 Å². The third-order valence-electron chi connectivity index (χ3n) is 10.3. The van der Waals surface area contributed by atoms with Crippen LogP contribution in [0, 0.1) is 11.8 Å².